The molecule has 0 saturated heterocycles. The molecule has 0 aliphatic rings. The van der Waals surface area contributed by atoms with Crippen molar-refractivity contribution in [3.8, 4) is 0 Å². The van der Waals surface area contributed by atoms with E-state index in [0.717, 1.165) is 24.8 Å². The molecule has 1 atom stereocenters. The number of rotatable bonds is 5. The summed E-state index contributed by atoms with van der Waals surface area (Å²) in [4.78, 5) is 0. The summed E-state index contributed by atoms with van der Waals surface area (Å²) in [6.07, 6.45) is 2.57. The molecule has 0 spiro atoms. The van der Waals surface area contributed by atoms with Gasteiger partial charge in [-0.25, -0.2) is 0 Å². The molecule has 2 heteroatoms. The van der Waals surface area contributed by atoms with Crippen molar-refractivity contribution in [2.24, 2.45) is 5.92 Å². The van der Waals surface area contributed by atoms with Crippen molar-refractivity contribution in [1.29, 1.82) is 0 Å². The first-order valence-corrected chi connectivity index (χ1v) is 5.91. The van der Waals surface area contributed by atoms with Crippen LogP contribution < -0.4 is 0 Å². The Morgan fingerprint density at radius 1 is 1.20 bits per heavy atom. The van der Waals surface area contributed by atoms with Gasteiger partial charge in [0.1, 0.15) is 0 Å². The Kier molecular flexibility index (Phi) is 5.13. The van der Waals surface area contributed by atoms with Gasteiger partial charge in [-0.05, 0) is 24.0 Å². The minimum absolute atomic E-state index is 0.419. The van der Waals surface area contributed by atoms with Gasteiger partial charge in [0.2, 0.25) is 0 Å². The SMILES string of the molecule is CC(C)CCCC(O)c1ccccc1Cl. The Morgan fingerprint density at radius 2 is 1.87 bits per heavy atom. The number of hydrogen-bond donors (Lipinski definition) is 1. The highest BCUT2D eigenvalue weighted by molar-refractivity contribution is 6.31. The third-order valence-electron chi connectivity index (χ3n) is 2.52. The molecule has 0 aliphatic carbocycles. The fraction of sp³-hybridized carbons (Fsp3) is 0.538. The van der Waals surface area contributed by atoms with E-state index in [2.05, 4.69) is 13.8 Å². The van der Waals surface area contributed by atoms with Crippen LogP contribution in [0.15, 0.2) is 24.3 Å². The summed E-state index contributed by atoms with van der Waals surface area (Å²) in [6.45, 7) is 4.39. The lowest BCUT2D eigenvalue weighted by Crippen LogP contribution is -1.99. The number of aliphatic hydroxyl groups excluding tert-OH is 1. The first kappa shape index (κ1) is 12.5. The number of aliphatic hydroxyl groups is 1. The van der Waals surface area contributed by atoms with Crippen molar-refractivity contribution in [2.75, 3.05) is 0 Å². The summed E-state index contributed by atoms with van der Waals surface area (Å²) in [6, 6.07) is 7.50. The van der Waals surface area contributed by atoms with Crippen LogP contribution in [-0.4, -0.2) is 5.11 Å². The molecule has 15 heavy (non-hydrogen) atoms. The van der Waals surface area contributed by atoms with E-state index >= 15 is 0 Å². The highest BCUT2D eigenvalue weighted by Crippen LogP contribution is 2.26. The van der Waals surface area contributed by atoms with Crippen molar-refractivity contribution in [2.45, 2.75) is 39.2 Å². The van der Waals surface area contributed by atoms with Crippen LogP contribution in [0.4, 0.5) is 0 Å². The molecule has 1 unspecified atom stereocenters. The predicted octanol–water partition coefficient (Wildman–Crippen LogP) is 4.20. The molecule has 0 saturated carbocycles. The molecule has 0 bridgehead atoms. The Bertz CT molecular complexity index is 296. The molecule has 0 aromatic heterocycles. The fourth-order valence-corrected chi connectivity index (χ4v) is 1.88. The number of hydrogen-bond acceptors (Lipinski definition) is 1. The van der Waals surface area contributed by atoms with Gasteiger partial charge in [-0.15, -0.1) is 0 Å². The smallest absolute Gasteiger partial charge is 0.0804 e. The second-order valence-corrected chi connectivity index (χ2v) is 4.77. The van der Waals surface area contributed by atoms with Crippen molar-refractivity contribution in [3.63, 3.8) is 0 Å². The third kappa shape index (κ3) is 4.23. The van der Waals surface area contributed by atoms with Crippen LogP contribution in [0.25, 0.3) is 0 Å². The first-order chi connectivity index (χ1) is 7.11. The second-order valence-electron chi connectivity index (χ2n) is 4.36. The average molecular weight is 227 g/mol. The molecular weight excluding hydrogens is 208 g/mol. The van der Waals surface area contributed by atoms with E-state index in [-0.39, 0.29) is 0 Å². The zero-order valence-corrected chi connectivity index (χ0v) is 10.2. The largest absolute Gasteiger partial charge is 0.388 e. The van der Waals surface area contributed by atoms with E-state index in [4.69, 9.17) is 11.6 Å². The van der Waals surface area contributed by atoms with E-state index in [1.807, 2.05) is 24.3 Å². The maximum atomic E-state index is 9.93. The Hall–Kier alpha value is -0.530. The topological polar surface area (TPSA) is 20.2 Å². The van der Waals surface area contributed by atoms with Crippen molar-refractivity contribution in [3.05, 3.63) is 34.9 Å². The molecular formula is C13H19ClO. The first-order valence-electron chi connectivity index (χ1n) is 5.53. The van der Waals surface area contributed by atoms with Gasteiger partial charge in [0, 0.05) is 5.02 Å². The highest BCUT2D eigenvalue weighted by atomic mass is 35.5. The minimum Gasteiger partial charge on any atom is -0.388 e. The number of benzene rings is 1. The quantitative estimate of drug-likeness (QED) is 0.798. The van der Waals surface area contributed by atoms with Gasteiger partial charge in [0.15, 0.2) is 0 Å². The van der Waals surface area contributed by atoms with Gasteiger partial charge < -0.3 is 5.11 Å². The molecule has 1 nitrogen and oxygen atoms in total. The van der Waals surface area contributed by atoms with Crippen LogP contribution in [0.1, 0.15) is 44.8 Å². The molecule has 0 amide bonds. The predicted molar refractivity (Wildman–Crippen MR) is 65.1 cm³/mol. The lowest BCUT2D eigenvalue weighted by atomic mass is 10.0. The van der Waals surface area contributed by atoms with Gasteiger partial charge >= 0.3 is 0 Å². The third-order valence-corrected chi connectivity index (χ3v) is 2.87. The normalized spacial score (nSPS) is 13.1. The Balaban J connectivity index is 2.47. The van der Waals surface area contributed by atoms with Gasteiger partial charge in [-0.2, -0.15) is 0 Å². The van der Waals surface area contributed by atoms with Crippen LogP contribution in [0, 0.1) is 5.92 Å². The van der Waals surface area contributed by atoms with Crippen molar-refractivity contribution >= 4 is 11.6 Å². The maximum absolute atomic E-state index is 9.93. The van der Waals surface area contributed by atoms with Crippen molar-refractivity contribution < 1.29 is 5.11 Å². The molecule has 1 aromatic rings. The fourth-order valence-electron chi connectivity index (χ4n) is 1.62. The van der Waals surface area contributed by atoms with E-state index in [1.165, 1.54) is 0 Å². The monoisotopic (exact) mass is 226 g/mol. The van der Waals surface area contributed by atoms with Gasteiger partial charge in [-0.3, -0.25) is 0 Å². The highest BCUT2D eigenvalue weighted by Gasteiger charge is 2.10. The Morgan fingerprint density at radius 3 is 2.47 bits per heavy atom. The molecule has 0 heterocycles. The zero-order valence-electron chi connectivity index (χ0n) is 9.41. The standard InChI is InChI=1S/C13H19ClO/c1-10(2)6-5-9-13(15)11-7-3-4-8-12(11)14/h3-4,7-8,10,13,15H,5-6,9H2,1-2H3. The molecule has 0 radical (unpaired) electrons. The van der Waals surface area contributed by atoms with Crippen LogP contribution in [0.2, 0.25) is 5.02 Å². The van der Waals surface area contributed by atoms with Gasteiger partial charge in [0.25, 0.3) is 0 Å². The summed E-state index contributed by atoms with van der Waals surface area (Å²) >= 11 is 6.00. The summed E-state index contributed by atoms with van der Waals surface area (Å²) in [5.74, 6) is 0.698. The summed E-state index contributed by atoms with van der Waals surface area (Å²) in [7, 11) is 0. The van der Waals surface area contributed by atoms with Crippen LogP contribution in [0.5, 0.6) is 0 Å². The number of halogens is 1. The van der Waals surface area contributed by atoms with Gasteiger partial charge in [-0.1, -0.05) is 56.5 Å². The second kappa shape index (κ2) is 6.14. The average Bonchev–Trinajstić information content (AvgIpc) is 2.17. The van der Waals surface area contributed by atoms with E-state index in [0.29, 0.717) is 10.9 Å². The maximum Gasteiger partial charge on any atom is 0.0804 e. The minimum atomic E-state index is -0.419. The van der Waals surface area contributed by atoms with Crippen LogP contribution in [-0.2, 0) is 0 Å². The van der Waals surface area contributed by atoms with Gasteiger partial charge in [0.05, 0.1) is 6.10 Å². The van der Waals surface area contributed by atoms with E-state index in [1.54, 1.807) is 0 Å². The summed E-state index contributed by atoms with van der Waals surface area (Å²) in [5, 5.41) is 10.6. The Labute approximate surface area is 97.1 Å². The van der Waals surface area contributed by atoms with E-state index < -0.39 is 6.10 Å². The molecule has 0 fully saturated rings. The van der Waals surface area contributed by atoms with Crippen LogP contribution in [0.3, 0.4) is 0 Å². The summed E-state index contributed by atoms with van der Waals surface area (Å²) < 4.78 is 0. The molecule has 0 aliphatic heterocycles. The van der Waals surface area contributed by atoms with Crippen molar-refractivity contribution in [1.82, 2.24) is 0 Å². The lowest BCUT2D eigenvalue weighted by Gasteiger charge is -2.13. The van der Waals surface area contributed by atoms with E-state index in [9.17, 15) is 5.11 Å². The summed E-state index contributed by atoms with van der Waals surface area (Å²) in [5.41, 5.74) is 0.850. The molecule has 1 N–H and O–H groups in total. The molecule has 1 rings (SSSR count). The van der Waals surface area contributed by atoms with Crippen LogP contribution >= 0.6 is 11.6 Å². The molecule has 84 valence electrons. The lowest BCUT2D eigenvalue weighted by molar-refractivity contribution is 0.162. The zero-order chi connectivity index (χ0) is 11.3. The molecule has 1 aromatic carbocycles.